The maximum atomic E-state index is 6.73. The molecule has 0 spiro atoms. The third kappa shape index (κ3) is 4.83. The molecule has 2 heteroatoms. The molecule has 0 aromatic heterocycles. The van der Waals surface area contributed by atoms with Gasteiger partial charge in [-0.25, -0.2) is 0 Å². The Bertz CT molecular complexity index is 2300. The zero-order chi connectivity index (χ0) is 31.9. The highest BCUT2D eigenvalue weighted by Crippen LogP contribution is 2.53. The molecule has 0 radical (unpaired) electrons. The molecule has 0 N–H and O–H groups in total. The molecule has 1 heterocycles. The second kappa shape index (κ2) is 11.8. The van der Waals surface area contributed by atoms with Crippen molar-refractivity contribution in [2.75, 3.05) is 4.90 Å². The Morgan fingerprint density at radius 2 is 0.854 bits per heavy atom. The molecule has 0 fully saturated rings. The smallest absolute Gasteiger partial charge is 0.137 e. The Kier molecular flexibility index (Phi) is 6.84. The van der Waals surface area contributed by atoms with E-state index in [0.29, 0.717) is 0 Å². The molecule has 0 atom stereocenters. The number of hydrogen-bond acceptors (Lipinski definition) is 2. The second-order valence-electron chi connectivity index (χ2n) is 12.1. The maximum Gasteiger partial charge on any atom is 0.137 e. The summed E-state index contributed by atoms with van der Waals surface area (Å²) in [5.74, 6) is 1.74. The highest BCUT2D eigenvalue weighted by atomic mass is 16.5. The van der Waals surface area contributed by atoms with Gasteiger partial charge in [0.25, 0.3) is 0 Å². The van der Waals surface area contributed by atoms with E-state index in [1.54, 1.807) is 0 Å². The van der Waals surface area contributed by atoms with Crippen LogP contribution < -0.4 is 9.64 Å². The van der Waals surface area contributed by atoms with Crippen molar-refractivity contribution in [1.29, 1.82) is 0 Å². The lowest BCUT2D eigenvalue weighted by Crippen LogP contribution is -2.12. The number of ether oxygens (including phenoxy) is 1. The lowest BCUT2D eigenvalue weighted by molar-refractivity contribution is 0.487. The fraction of sp³-hybridized carbons (Fsp3) is 0. The van der Waals surface area contributed by atoms with Crippen LogP contribution in [0.2, 0.25) is 0 Å². The number of benzene rings is 8. The molecule has 1 aliphatic rings. The number of hydrogen-bond donors (Lipinski definition) is 0. The minimum atomic E-state index is 0.853. The minimum Gasteiger partial charge on any atom is -0.456 e. The molecule has 8 aromatic carbocycles. The number of fused-ring (bicyclic) bond motifs is 2. The molecule has 0 aliphatic carbocycles. The first-order valence-corrected chi connectivity index (χ1v) is 16.4. The van der Waals surface area contributed by atoms with Crippen molar-refractivity contribution in [3.05, 3.63) is 188 Å². The Morgan fingerprint density at radius 1 is 0.333 bits per heavy atom. The van der Waals surface area contributed by atoms with Crippen LogP contribution in [0.15, 0.2) is 188 Å². The van der Waals surface area contributed by atoms with Crippen molar-refractivity contribution in [3.63, 3.8) is 0 Å². The van der Waals surface area contributed by atoms with Crippen LogP contribution in [0.3, 0.4) is 0 Å². The molecule has 0 saturated carbocycles. The summed E-state index contributed by atoms with van der Waals surface area (Å²) in [6.07, 6.45) is 0. The van der Waals surface area contributed by atoms with Crippen LogP contribution in [0.25, 0.3) is 55.3 Å². The fourth-order valence-electron chi connectivity index (χ4n) is 7.01. The summed E-state index contributed by atoms with van der Waals surface area (Å²) in [6.45, 7) is 0. The molecule has 8 aromatic rings. The van der Waals surface area contributed by atoms with Gasteiger partial charge in [-0.3, -0.25) is 0 Å². The first kappa shape index (κ1) is 27.9. The van der Waals surface area contributed by atoms with Crippen molar-refractivity contribution < 1.29 is 4.74 Å². The molecule has 0 bridgehead atoms. The van der Waals surface area contributed by atoms with Crippen LogP contribution in [-0.4, -0.2) is 0 Å². The maximum absolute atomic E-state index is 6.73. The van der Waals surface area contributed by atoms with E-state index in [1.807, 2.05) is 0 Å². The van der Waals surface area contributed by atoms with Gasteiger partial charge in [0.05, 0.1) is 5.69 Å². The van der Waals surface area contributed by atoms with Gasteiger partial charge >= 0.3 is 0 Å². The van der Waals surface area contributed by atoms with Crippen LogP contribution in [0.5, 0.6) is 11.5 Å². The van der Waals surface area contributed by atoms with Gasteiger partial charge in [-0.1, -0.05) is 146 Å². The highest BCUT2D eigenvalue weighted by Gasteiger charge is 2.27. The van der Waals surface area contributed by atoms with E-state index in [2.05, 4.69) is 193 Å². The van der Waals surface area contributed by atoms with Gasteiger partial charge in [-0.2, -0.15) is 0 Å². The molecule has 0 saturated heterocycles. The average Bonchev–Trinajstić information content (AvgIpc) is 3.17. The predicted octanol–water partition coefficient (Wildman–Crippen LogP) is 13.1. The second-order valence-corrected chi connectivity index (χ2v) is 12.1. The van der Waals surface area contributed by atoms with E-state index in [4.69, 9.17) is 4.74 Å². The van der Waals surface area contributed by atoms with Gasteiger partial charge in [0.1, 0.15) is 11.5 Å². The van der Waals surface area contributed by atoms with E-state index in [9.17, 15) is 0 Å². The number of anilines is 3. The van der Waals surface area contributed by atoms with Gasteiger partial charge in [-0.05, 0) is 86.8 Å². The lowest BCUT2D eigenvalue weighted by Gasteiger charge is -2.31. The third-order valence-corrected chi connectivity index (χ3v) is 9.29. The molecular formula is C46H31NO. The van der Waals surface area contributed by atoms with Crippen molar-refractivity contribution in [3.8, 4) is 56.0 Å². The van der Waals surface area contributed by atoms with E-state index in [1.165, 1.54) is 44.3 Å². The minimum absolute atomic E-state index is 0.853. The number of rotatable bonds is 6. The van der Waals surface area contributed by atoms with Crippen molar-refractivity contribution in [1.82, 2.24) is 0 Å². The molecule has 2 nitrogen and oxygen atoms in total. The largest absolute Gasteiger partial charge is 0.456 e. The highest BCUT2D eigenvalue weighted by molar-refractivity contribution is 6.12. The van der Waals surface area contributed by atoms with Crippen molar-refractivity contribution in [2.45, 2.75) is 0 Å². The fourth-order valence-corrected chi connectivity index (χ4v) is 7.01. The van der Waals surface area contributed by atoms with E-state index in [0.717, 1.165) is 39.5 Å². The summed E-state index contributed by atoms with van der Waals surface area (Å²) in [6, 6.07) is 66.7. The summed E-state index contributed by atoms with van der Waals surface area (Å²) < 4.78 is 6.73. The van der Waals surface area contributed by atoms with Crippen LogP contribution in [0, 0.1) is 0 Å². The monoisotopic (exact) mass is 613 g/mol. The van der Waals surface area contributed by atoms with Gasteiger partial charge < -0.3 is 9.64 Å². The molecular weight excluding hydrogens is 583 g/mol. The third-order valence-electron chi connectivity index (χ3n) is 9.29. The molecule has 1 aliphatic heterocycles. The van der Waals surface area contributed by atoms with E-state index >= 15 is 0 Å². The topological polar surface area (TPSA) is 12.5 Å². The van der Waals surface area contributed by atoms with Crippen molar-refractivity contribution >= 4 is 27.8 Å². The van der Waals surface area contributed by atoms with Crippen LogP contribution in [0.1, 0.15) is 0 Å². The average molecular weight is 614 g/mol. The molecule has 226 valence electrons. The molecule has 0 amide bonds. The zero-order valence-corrected chi connectivity index (χ0v) is 26.3. The Balaban J connectivity index is 1.23. The van der Waals surface area contributed by atoms with Crippen molar-refractivity contribution in [2.24, 2.45) is 0 Å². The Hall–Kier alpha value is -6.38. The number of nitrogens with zero attached hydrogens (tertiary/aromatic N) is 1. The Labute approximate surface area is 280 Å². The summed E-state index contributed by atoms with van der Waals surface area (Å²) >= 11 is 0. The lowest BCUT2D eigenvalue weighted by atomic mass is 9.89. The summed E-state index contributed by atoms with van der Waals surface area (Å²) in [7, 11) is 0. The van der Waals surface area contributed by atoms with Gasteiger partial charge in [0, 0.05) is 22.3 Å². The molecule has 0 unspecified atom stereocenters. The predicted molar refractivity (Wildman–Crippen MR) is 200 cm³/mol. The summed E-state index contributed by atoms with van der Waals surface area (Å²) in [4.78, 5) is 2.36. The van der Waals surface area contributed by atoms with Gasteiger partial charge in [0.15, 0.2) is 0 Å². The normalized spacial score (nSPS) is 11.5. The molecule has 48 heavy (non-hydrogen) atoms. The Morgan fingerprint density at radius 3 is 1.44 bits per heavy atom. The van der Waals surface area contributed by atoms with E-state index < -0.39 is 0 Å². The zero-order valence-electron chi connectivity index (χ0n) is 26.3. The van der Waals surface area contributed by atoms with Crippen LogP contribution in [-0.2, 0) is 0 Å². The summed E-state index contributed by atoms with van der Waals surface area (Å²) in [5, 5.41) is 2.32. The van der Waals surface area contributed by atoms with Crippen LogP contribution in [0.4, 0.5) is 17.1 Å². The SMILES string of the molecule is c1ccc(-c2ccc(N(c3ccc(-c4ccccc4)cc3)c3cccc4c3-c3cccc5c(-c6ccccc6)ccc(c35)O4)cc2)cc1. The van der Waals surface area contributed by atoms with Gasteiger partial charge in [0.2, 0.25) is 0 Å². The first-order valence-electron chi connectivity index (χ1n) is 16.4. The van der Waals surface area contributed by atoms with Gasteiger partial charge in [-0.15, -0.1) is 0 Å². The first-order chi connectivity index (χ1) is 23.8. The molecule has 9 rings (SSSR count). The summed E-state index contributed by atoms with van der Waals surface area (Å²) in [5.41, 5.74) is 12.6. The standard InChI is InChI=1S/C46H31NO/c1-4-12-32(13-5-1)34-22-26-37(27-23-34)47(38-28-24-35(25-29-38)33-14-6-2-7-15-33)42-20-11-21-43-46(42)41-19-10-18-40-39(36-16-8-3-9-17-36)30-31-44(48-43)45(40)41/h1-31H. The van der Waals surface area contributed by atoms with E-state index in [-0.39, 0.29) is 0 Å². The quantitative estimate of drug-likeness (QED) is 0.185. The van der Waals surface area contributed by atoms with Crippen LogP contribution >= 0.6 is 0 Å².